The summed E-state index contributed by atoms with van der Waals surface area (Å²) in [6.07, 6.45) is 5.50. The third-order valence-corrected chi connectivity index (χ3v) is 5.08. The Balaban J connectivity index is 2.23. The number of rotatable bonds is 8. The minimum absolute atomic E-state index is 0.477. The van der Waals surface area contributed by atoms with E-state index in [-0.39, 0.29) is 0 Å². The average Bonchev–Trinajstić information content (AvgIpc) is 3.26. The monoisotopic (exact) mass is 304 g/mol. The fourth-order valence-electron chi connectivity index (χ4n) is 3.57. The Hall–Kier alpha value is -1.02. The van der Waals surface area contributed by atoms with Crippen molar-refractivity contribution in [1.82, 2.24) is 0 Å². The van der Waals surface area contributed by atoms with Gasteiger partial charge in [0.05, 0.1) is 18.8 Å². The molecule has 124 valence electrons. The summed E-state index contributed by atoms with van der Waals surface area (Å²) in [5, 5.41) is 0. The molecule has 0 N–H and O–H groups in total. The Labute approximate surface area is 136 Å². The molecule has 3 atom stereocenters. The van der Waals surface area contributed by atoms with Gasteiger partial charge in [0, 0.05) is 0 Å². The largest absolute Gasteiger partial charge is 0.493 e. The van der Waals surface area contributed by atoms with Crippen LogP contribution in [0.5, 0.6) is 5.75 Å². The van der Waals surface area contributed by atoms with Crippen molar-refractivity contribution < 1.29 is 9.47 Å². The molecule has 0 bridgehead atoms. The highest BCUT2D eigenvalue weighted by Crippen LogP contribution is 2.40. The van der Waals surface area contributed by atoms with Gasteiger partial charge in [-0.1, -0.05) is 20.8 Å². The first kappa shape index (κ1) is 17.3. The SMILES string of the molecule is CCCOc1cc(C)c(C(CC)CC2OC2CC)c(C)c1C. The summed E-state index contributed by atoms with van der Waals surface area (Å²) in [4.78, 5) is 0. The molecule has 2 nitrogen and oxygen atoms in total. The molecule has 1 fully saturated rings. The standard InChI is InChI=1S/C20H32O2/c1-7-10-21-18-11-13(4)20(15(6)14(18)5)16(8-2)12-19-17(9-3)22-19/h11,16-17,19H,7-10,12H2,1-6H3. The summed E-state index contributed by atoms with van der Waals surface area (Å²) >= 11 is 0. The van der Waals surface area contributed by atoms with Gasteiger partial charge in [0.1, 0.15) is 5.75 Å². The summed E-state index contributed by atoms with van der Waals surface area (Å²) in [7, 11) is 0. The van der Waals surface area contributed by atoms with Crippen molar-refractivity contribution >= 4 is 0 Å². The lowest BCUT2D eigenvalue weighted by molar-refractivity contribution is 0.314. The summed E-state index contributed by atoms with van der Waals surface area (Å²) < 4.78 is 11.7. The minimum Gasteiger partial charge on any atom is -0.493 e. The zero-order valence-corrected chi connectivity index (χ0v) is 15.2. The van der Waals surface area contributed by atoms with Gasteiger partial charge in [0.2, 0.25) is 0 Å². The second-order valence-electron chi connectivity index (χ2n) is 6.67. The predicted octanol–water partition coefficient (Wildman–Crippen LogP) is 5.46. The molecular formula is C20H32O2. The highest BCUT2D eigenvalue weighted by molar-refractivity contribution is 5.49. The molecule has 0 saturated carbocycles. The molecule has 1 aliphatic heterocycles. The third-order valence-electron chi connectivity index (χ3n) is 5.08. The van der Waals surface area contributed by atoms with E-state index in [2.05, 4.69) is 47.6 Å². The molecular weight excluding hydrogens is 272 g/mol. The van der Waals surface area contributed by atoms with Crippen molar-refractivity contribution in [3.05, 3.63) is 28.3 Å². The van der Waals surface area contributed by atoms with Gasteiger partial charge in [0.15, 0.2) is 0 Å². The van der Waals surface area contributed by atoms with E-state index in [1.54, 1.807) is 0 Å². The van der Waals surface area contributed by atoms with Crippen LogP contribution in [0.15, 0.2) is 6.07 Å². The highest BCUT2D eigenvalue weighted by Gasteiger charge is 2.38. The molecule has 3 unspecified atom stereocenters. The van der Waals surface area contributed by atoms with E-state index in [1.165, 1.54) is 28.7 Å². The molecule has 0 aromatic heterocycles. The first-order chi connectivity index (χ1) is 10.5. The Morgan fingerprint density at radius 1 is 1.09 bits per heavy atom. The van der Waals surface area contributed by atoms with E-state index in [4.69, 9.17) is 9.47 Å². The second kappa shape index (κ2) is 7.50. The summed E-state index contributed by atoms with van der Waals surface area (Å²) in [6.45, 7) is 14.1. The Morgan fingerprint density at radius 3 is 2.36 bits per heavy atom. The molecule has 1 aliphatic rings. The first-order valence-electron chi connectivity index (χ1n) is 8.92. The predicted molar refractivity (Wildman–Crippen MR) is 93.0 cm³/mol. The van der Waals surface area contributed by atoms with E-state index in [0.717, 1.165) is 31.6 Å². The fourth-order valence-corrected chi connectivity index (χ4v) is 3.57. The van der Waals surface area contributed by atoms with Crippen LogP contribution in [0.3, 0.4) is 0 Å². The molecule has 2 heteroatoms. The zero-order chi connectivity index (χ0) is 16.3. The van der Waals surface area contributed by atoms with Crippen LogP contribution in [0, 0.1) is 20.8 Å². The van der Waals surface area contributed by atoms with Crippen LogP contribution in [0.25, 0.3) is 0 Å². The van der Waals surface area contributed by atoms with Crippen LogP contribution in [0.4, 0.5) is 0 Å². The van der Waals surface area contributed by atoms with Crippen molar-refractivity contribution in [2.24, 2.45) is 0 Å². The number of epoxide rings is 1. The van der Waals surface area contributed by atoms with Crippen LogP contribution in [-0.2, 0) is 4.74 Å². The molecule has 1 heterocycles. The summed E-state index contributed by atoms with van der Waals surface area (Å²) in [6, 6.07) is 2.24. The smallest absolute Gasteiger partial charge is 0.122 e. The van der Waals surface area contributed by atoms with Gasteiger partial charge in [-0.05, 0) is 80.7 Å². The maximum atomic E-state index is 5.92. The molecule has 22 heavy (non-hydrogen) atoms. The van der Waals surface area contributed by atoms with Crippen molar-refractivity contribution in [3.63, 3.8) is 0 Å². The van der Waals surface area contributed by atoms with Crippen LogP contribution in [0.2, 0.25) is 0 Å². The topological polar surface area (TPSA) is 21.8 Å². The van der Waals surface area contributed by atoms with Crippen molar-refractivity contribution in [1.29, 1.82) is 0 Å². The summed E-state index contributed by atoms with van der Waals surface area (Å²) in [5.41, 5.74) is 5.60. The van der Waals surface area contributed by atoms with Crippen molar-refractivity contribution in [3.8, 4) is 5.75 Å². The maximum Gasteiger partial charge on any atom is 0.122 e. The first-order valence-corrected chi connectivity index (χ1v) is 8.92. The van der Waals surface area contributed by atoms with Crippen LogP contribution in [0.1, 0.15) is 74.6 Å². The lowest BCUT2D eigenvalue weighted by atomic mass is 9.83. The van der Waals surface area contributed by atoms with Crippen LogP contribution < -0.4 is 4.74 Å². The average molecular weight is 304 g/mol. The van der Waals surface area contributed by atoms with E-state index in [1.807, 2.05) is 0 Å². The minimum atomic E-state index is 0.477. The third kappa shape index (κ3) is 3.65. The van der Waals surface area contributed by atoms with Crippen molar-refractivity contribution in [2.75, 3.05) is 6.61 Å². The normalized spacial score (nSPS) is 21.7. The van der Waals surface area contributed by atoms with Gasteiger partial charge in [-0.15, -0.1) is 0 Å². The maximum absolute atomic E-state index is 5.92. The Bertz CT molecular complexity index is 507. The highest BCUT2D eigenvalue weighted by atomic mass is 16.6. The van der Waals surface area contributed by atoms with E-state index >= 15 is 0 Å². The van der Waals surface area contributed by atoms with E-state index < -0.39 is 0 Å². The lowest BCUT2D eigenvalue weighted by Crippen LogP contribution is -2.10. The molecule has 0 radical (unpaired) electrons. The van der Waals surface area contributed by atoms with Gasteiger partial charge in [-0.25, -0.2) is 0 Å². The summed E-state index contributed by atoms with van der Waals surface area (Å²) in [5.74, 6) is 1.66. The molecule has 0 amide bonds. The van der Waals surface area contributed by atoms with E-state index in [0.29, 0.717) is 18.1 Å². The molecule has 2 rings (SSSR count). The molecule has 1 saturated heterocycles. The van der Waals surface area contributed by atoms with Gasteiger partial charge in [0.25, 0.3) is 0 Å². The van der Waals surface area contributed by atoms with E-state index in [9.17, 15) is 0 Å². The zero-order valence-electron chi connectivity index (χ0n) is 15.2. The molecule has 0 spiro atoms. The Kier molecular flexibility index (Phi) is 5.91. The molecule has 1 aromatic carbocycles. The molecule has 1 aromatic rings. The van der Waals surface area contributed by atoms with Gasteiger partial charge in [-0.2, -0.15) is 0 Å². The van der Waals surface area contributed by atoms with Crippen molar-refractivity contribution in [2.45, 2.75) is 85.4 Å². The number of ether oxygens (including phenoxy) is 2. The van der Waals surface area contributed by atoms with Crippen LogP contribution in [-0.4, -0.2) is 18.8 Å². The fraction of sp³-hybridized carbons (Fsp3) is 0.700. The number of hydrogen-bond acceptors (Lipinski definition) is 2. The quantitative estimate of drug-likeness (QED) is 0.595. The second-order valence-corrected chi connectivity index (χ2v) is 6.67. The van der Waals surface area contributed by atoms with Crippen LogP contribution >= 0.6 is 0 Å². The van der Waals surface area contributed by atoms with Gasteiger partial charge < -0.3 is 9.47 Å². The van der Waals surface area contributed by atoms with Gasteiger partial charge in [-0.3, -0.25) is 0 Å². The Morgan fingerprint density at radius 2 is 1.82 bits per heavy atom. The molecule has 0 aliphatic carbocycles. The number of benzene rings is 1. The number of aryl methyl sites for hydroxylation is 1. The number of hydrogen-bond donors (Lipinski definition) is 0. The van der Waals surface area contributed by atoms with Gasteiger partial charge >= 0.3 is 0 Å². The lowest BCUT2D eigenvalue weighted by Gasteiger charge is -2.23.